The molecule has 0 aliphatic rings. The average Bonchev–Trinajstić information content (AvgIpc) is 2.90. The van der Waals surface area contributed by atoms with Gasteiger partial charge in [0.15, 0.2) is 0 Å². The van der Waals surface area contributed by atoms with Crippen LogP contribution in [0.4, 0.5) is 5.69 Å². The van der Waals surface area contributed by atoms with Crippen LogP contribution in [-0.2, 0) is 32.6 Å². The number of carbonyl (C=O) groups is 2. The molecule has 0 heterocycles. The Hall–Kier alpha value is -3.07. The highest BCUT2D eigenvalue weighted by atomic mass is 35.5. The molecule has 226 valence electrons. The van der Waals surface area contributed by atoms with Crippen molar-refractivity contribution in [2.45, 2.75) is 65.1 Å². The lowest BCUT2D eigenvalue weighted by Crippen LogP contribution is -2.54. The van der Waals surface area contributed by atoms with Crippen LogP contribution in [0.2, 0.25) is 10.0 Å². The van der Waals surface area contributed by atoms with Crippen LogP contribution in [0.25, 0.3) is 0 Å². The molecular weight excluding hydrogens is 593 g/mol. The molecule has 0 radical (unpaired) electrons. The van der Waals surface area contributed by atoms with Crippen LogP contribution in [0.5, 0.6) is 0 Å². The molecule has 3 aromatic rings. The maximum atomic E-state index is 14.0. The van der Waals surface area contributed by atoms with Gasteiger partial charge in [0, 0.05) is 36.5 Å². The van der Waals surface area contributed by atoms with Gasteiger partial charge in [-0.2, -0.15) is 0 Å². The van der Waals surface area contributed by atoms with Crippen molar-refractivity contribution in [1.82, 2.24) is 10.2 Å². The van der Waals surface area contributed by atoms with Crippen LogP contribution >= 0.6 is 23.2 Å². The van der Waals surface area contributed by atoms with Gasteiger partial charge in [0.2, 0.25) is 21.8 Å². The number of carbonyl (C=O) groups excluding carboxylic acids is 2. The molecule has 0 fully saturated rings. The first kappa shape index (κ1) is 33.4. The molecule has 7 nitrogen and oxygen atoms in total. The fraction of sp³-hybridized carbons (Fsp3) is 0.375. The number of nitrogens with zero attached hydrogens (tertiary/aromatic N) is 2. The van der Waals surface area contributed by atoms with Crippen LogP contribution in [0.1, 0.15) is 50.3 Å². The number of rotatable bonds is 12. The fourth-order valence-electron chi connectivity index (χ4n) is 4.64. The zero-order valence-electron chi connectivity index (χ0n) is 24.7. The second-order valence-electron chi connectivity index (χ2n) is 11.4. The normalized spacial score (nSPS) is 12.5. The Morgan fingerprint density at radius 3 is 2.21 bits per heavy atom. The summed E-state index contributed by atoms with van der Waals surface area (Å²) in [4.78, 5) is 29.3. The van der Waals surface area contributed by atoms with E-state index in [0.717, 1.165) is 27.3 Å². The van der Waals surface area contributed by atoms with E-state index in [1.165, 1.54) is 12.1 Å². The molecule has 0 saturated carbocycles. The van der Waals surface area contributed by atoms with Crippen molar-refractivity contribution >= 4 is 50.7 Å². The molecule has 2 amide bonds. The summed E-state index contributed by atoms with van der Waals surface area (Å²) in [5.74, 6) is -0.509. The van der Waals surface area contributed by atoms with E-state index in [2.05, 4.69) is 5.32 Å². The summed E-state index contributed by atoms with van der Waals surface area (Å²) in [5, 5.41) is 3.63. The number of anilines is 1. The number of nitrogens with one attached hydrogen (secondary N) is 1. The van der Waals surface area contributed by atoms with Gasteiger partial charge >= 0.3 is 0 Å². The smallest absolute Gasteiger partial charge is 0.243 e. The average molecular weight is 633 g/mol. The summed E-state index contributed by atoms with van der Waals surface area (Å²) < 4.78 is 26.5. The number of sulfonamides is 1. The van der Waals surface area contributed by atoms with Gasteiger partial charge in [-0.25, -0.2) is 8.42 Å². The maximum Gasteiger partial charge on any atom is 0.243 e. The van der Waals surface area contributed by atoms with Gasteiger partial charge in [-0.05, 0) is 69.0 Å². The molecule has 0 aliphatic carbocycles. The number of aryl methyl sites for hydroxylation is 1. The Balaban J connectivity index is 1.93. The quantitative estimate of drug-likeness (QED) is 0.250. The summed E-state index contributed by atoms with van der Waals surface area (Å²) in [6, 6.07) is 21.2. The maximum absolute atomic E-state index is 14.0. The van der Waals surface area contributed by atoms with E-state index in [9.17, 15) is 18.0 Å². The Morgan fingerprint density at radius 2 is 1.60 bits per heavy atom. The Bertz CT molecular complexity index is 1490. The van der Waals surface area contributed by atoms with Gasteiger partial charge in [-0.15, -0.1) is 0 Å². The van der Waals surface area contributed by atoms with E-state index in [-0.39, 0.29) is 48.5 Å². The molecule has 0 saturated heterocycles. The minimum Gasteiger partial charge on any atom is -0.350 e. The van der Waals surface area contributed by atoms with Crippen LogP contribution < -0.4 is 9.62 Å². The molecule has 0 aromatic heterocycles. The number of benzene rings is 3. The topological polar surface area (TPSA) is 86.8 Å². The first-order valence-electron chi connectivity index (χ1n) is 13.8. The Labute approximate surface area is 259 Å². The predicted molar refractivity (Wildman–Crippen MR) is 171 cm³/mol. The molecular formula is C32H39Cl2N3O4S. The van der Waals surface area contributed by atoms with Crippen LogP contribution in [-0.4, -0.2) is 49.5 Å². The molecule has 0 spiro atoms. The standard InChI is InChI=1S/C32H39Cl2N3O4S/c1-23-12-9-10-15-25(23)22-36(29(31(39)35-32(2,3)4)20-24-13-7-6-8-14-24)30(38)16-11-19-37(42(5,40)41)28-21-26(33)17-18-27(28)34/h6-10,12-15,17-18,21,29H,11,16,19-20,22H2,1-5H3,(H,35,39)/t29-/m0/s1. The fourth-order valence-corrected chi connectivity index (χ4v) is 6.04. The van der Waals surface area contributed by atoms with Crippen LogP contribution in [0.15, 0.2) is 72.8 Å². The zero-order chi connectivity index (χ0) is 31.1. The first-order valence-corrected chi connectivity index (χ1v) is 16.4. The summed E-state index contributed by atoms with van der Waals surface area (Å²) in [6.07, 6.45) is 1.64. The third-order valence-corrected chi connectivity index (χ3v) is 8.43. The van der Waals surface area contributed by atoms with E-state index in [1.54, 1.807) is 11.0 Å². The Kier molecular flexibility index (Phi) is 11.5. The van der Waals surface area contributed by atoms with Crippen LogP contribution in [0.3, 0.4) is 0 Å². The van der Waals surface area contributed by atoms with Crippen molar-refractivity contribution in [3.63, 3.8) is 0 Å². The van der Waals surface area contributed by atoms with Crippen LogP contribution in [0, 0.1) is 6.92 Å². The second-order valence-corrected chi connectivity index (χ2v) is 14.2. The lowest BCUT2D eigenvalue weighted by molar-refractivity contribution is -0.142. The van der Waals surface area contributed by atoms with Crippen molar-refractivity contribution in [3.05, 3.63) is 99.5 Å². The molecule has 3 aromatic carbocycles. The largest absolute Gasteiger partial charge is 0.350 e. The van der Waals surface area contributed by atoms with Crippen molar-refractivity contribution in [2.75, 3.05) is 17.1 Å². The summed E-state index contributed by atoms with van der Waals surface area (Å²) in [5.41, 5.74) is 2.60. The number of halogens is 2. The predicted octanol–water partition coefficient (Wildman–Crippen LogP) is 6.40. The summed E-state index contributed by atoms with van der Waals surface area (Å²) >= 11 is 12.4. The third-order valence-electron chi connectivity index (χ3n) is 6.70. The van der Waals surface area contributed by atoms with Crippen molar-refractivity contribution in [1.29, 1.82) is 0 Å². The molecule has 10 heteroatoms. The van der Waals surface area contributed by atoms with Gasteiger partial charge in [-0.1, -0.05) is 77.8 Å². The minimum atomic E-state index is -3.72. The molecule has 42 heavy (non-hydrogen) atoms. The van der Waals surface area contributed by atoms with Crippen molar-refractivity contribution < 1.29 is 18.0 Å². The second kappa shape index (κ2) is 14.4. The number of hydrogen-bond donors (Lipinski definition) is 1. The van der Waals surface area contributed by atoms with Gasteiger partial charge in [0.1, 0.15) is 6.04 Å². The van der Waals surface area contributed by atoms with Crippen molar-refractivity contribution in [2.24, 2.45) is 0 Å². The lowest BCUT2D eigenvalue weighted by Gasteiger charge is -2.34. The highest BCUT2D eigenvalue weighted by Gasteiger charge is 2.32. The number of amides is 2. The van der Waals surface area contributed by atoms with Crippen molar-refractivity contribution in [3.8, 4) is 0 Å². The zero-order valence-corrected chi connectivity index (χ0v) is 27.1. The molecule has 0 bridgehead atoms. The molecule has 0 unspecified atom stereocenters. The van der Waals surface area contributed by atoms with Gasteiger partial charge < -0.3 is 10.2 Å². The SMILES string of the molecule is Cc1ccccc1CN(C(=O)CCCN(c1cc(Cl)ccc1Cl)S(C)(=O)=O)[C@@H](Cc1ccccc1)C(=O)NC(C)(C)C. The van der Waals surface area contributed by atoms with Gasteiger partial charge in [0.25, 0.3) is 0 Å². The summed E-state index contributed by atoms with van der Waals surface area (Å²) in [6.45, 7) is 7.92. The molecule has 1 N–H and O–H groups in total. The van der Waals surface area contributed by atoms with E-state index in [4.69, 9.17) is 23.2 Å². The van der Waals surface area contributed by atoms with Gasteiger partial charge in [-0.3, -0.25) is 13.9 Å². The molecule has 3 rings (SSSR count). The van der Waals surface area contributed by atoms with E-state index >= 15 is 0 Å². The van der Waals surface area contributed by atoms with E-state index in [0.29, 0.717) is 11.4 Å². The van der Waals surface area contributed by atoms with Gasteiger partial charge in [0.05, 0.1) is 17.0 Å². The first-order chi connectivity index (χ1) is 19.7. The number of hydrogen-bond acceptors (Lipinski definition) is 4. The Morgan fingerprint density at radius 1 is 0.952 bits per heavy atom. The van der Waals surface area contributed by atoms with E-state index in [1.807, 2.05) is 82.3 Å². The van der Waals surface area contributed by atoms with E-state index < -0.39 is 21.6 Å². The lowest BCUT2D eigenvalue weighted by atomic mass is 9.99. The monoisotopic (exact) mass is 631 g/mol. The third kappa shape index (κ3) is 9.75. The molecule has 0 aliphatic heterocycles. The highest BCUT2D eigenvalue weighted by molar-refractivity contribution is 7.92. The minimum absolute atomic E-state index is 0.0143. The highest BCUT2D eigenvalue weighted by Crippen LogP contribution is 2.31. The summed E-state index contributed by atoms with van der Waals surface area (Å²) in [7, 11) is -3.72. The molecule has 1 atom stereocenters.